The third-order valence-electron chi connectivity index (χ3n) is 3.03. The summed E-state index contributed by atoms with van der Waals surface area (Å²) in [6.45, 7) is 0. The van der Waals surface area contributed by atoms with E-state index in [0.717, 1.165) is 25.0 Å². The zero-order chi connectivity index (χ0) is 10.1. The molecule has 0 saturated heterocycles. The molecule has 80 valence electrons. The van der Waals surface area contributed by atoms with Crippen LogP contribution in [0.4, 0.5) is 0 Å². The van der Waals surface area contributed by atoms with Gasteiger partial charge in [0, 0.05) is 0 Å². The Morgan fingerprint density at radius 2 is 1.87 bits per heavy atom. The van der Waals surface area contributed by atoms with Gasteiger partial charge in [-0.05, 0) is 0 Å². The molecule has 3 rings (SSSR count). The molecule has 2 aliphatic rings. The van der Waals surface area contributed by atoms with Gasteiger partial charge in [-0.15, -0.1) is 0 Å². The van der Waals surface area contributed by atoms with Crippen molar-refractivity contribution < 1.29 is 0 Å². The van der Waals surface area contributed by atoms with Gasteiger partial charge in [0.2, 0.25) is 0 Å². The summed E-state index contributed by atoms with van der Waals surface area (Å²) in [6, 6.07) is 9.19. The molecule has 1 aromatic carbocycles. The van der Waals surface area contributed by atoms with Crippen molar-refractivity contribution in [2.24, 2.45) is 0 Å². The first-order chi connectivity index (χ1) is 7.43. The Morgan fingerprint density at radius 1 is 1.07 bits per heavy atom. The topological polar surface area (TPSA) is 0 Å². The van der Waals surface area contributed by atoms with Gasteiger partial charge in [-0.1, -0.05) is 0 Å². The molecule has 0 N–H and O–H groups in total. The summed E-state index contributed by atoms with van der Waals surface area (Å²) in [4.78, 5) is 1.04. The summed E-state index contributed by atoms with van der Waals surface area (Å²) in [5.41, 5.74) is 0. The van der Waals surface area contributed by atoms with Crippen LogP contribution in [0.15, 0.2) is 24.3 Å². The fourth-order valence-corrected chi connectivity index (χ4v) is 13.1. The van der Waals surface area contributed by atoms with Gasteiger partial charge in [0.25, 0.3) is 0 Å². The van der Waals surface area contributed by atoms with Gasteiger partial charge in [-0.2, -0.15) is 0 Å². The van der Waals surface area contributed by atoms with Gasteiger partial charge >= 0.3 is 108 Å². The molecule has 1 saturated carbocycles. The van der Waals surface area contributed by atoms with Gasteiger partial charge in [0.1, 0.15) is 0 Å². The SMILES string of the molecule is c1ccc2c(c1)[Se]SC1CCCCC1[Se]2. The second kappa shape index (κ2) is 4.85. The van der Waals surface area contributed by atoms with Gasteiger partial charge < -0.3 is 0 Å². The summed E-state index contributed by atoms with van der Waals surface area (Å²) < 4.78 is 3.40. The molecule has 15 heavy (non-hydrogen) atoms. The second-order valence-corrected chi connectivity index (χ2v) is 10.9. The number of hydrogen-bond acceptors (Lipinski definition) is 1. The molecule has 1 fully saturated rings. The van der Waals surface area contributed by atoms with Gasteiger partial charge in [-0.3, -0.25) is 0 Å². The molecule has 0 aromatic heterocycles. The first-order valence-electron chi connectivity index (χ1n) is 5.52. The molecule has 0 spiro atoms. The van der Waals surface area contributed by atoms with Crippen LogP contribution in [-0.4, -0.2) is 34.0 Å². The van der Waals surface area contributed by atoms with Crippen molar-refractivity contribution in [3.8, 4) is 0 Å². The van der Waals surface area contributed by atoms with Crippen molar-refractivity contribution in [1.82, 2.24) is 0 Å². The van der Waals surface area contributed by atoms with E-state index in [1.165, 1.54) is 25.7 Å². The molecule has 0 amide bonds. The van der Waals surface area contributed by atoms with E-state index in [0.29, 0.717) is 13.8 Å². The quantitative estimate of drug-likeness (QED) is 0.644. The van der Waals surface area contributed by atoms with Crippen LogP contribution in [0.2, 0.25) is 4.82 Å². The number of rotatable bonds is 0. The van der Waals surface area contributed by atoms with E-state index in [1.807, 2.05) is 0 Å². The number of benzene rings is 1. The molecule has 1 aliphatic carbocycles. The zero-order valence-corrected chi connectivity index (χ0v) is 12.8. The molecule has 2 unspecified atom stereocenters. The van der Waals surface area contributed by atoms with Crippen LogP contribution in [0.1, 0.15) is 25.7 Å². The Balaban J connectivity index is 1.88. The third-order valence-corrected chi connectivity index (χ3v) is 12.3. The van der Waals surface area contributed by atoms with E-state index in [1.54, 1.807) is 8.92 Å². The van der Waals surface area contributed by atoms with E-state index in [4.69, 9.17) is 0 Å². The Morgan fingerprint density at radius 3 is 2.80 bits per heavy atom. The monoisotopic (exact) mass is 350 g/mol. The van der Waals surface area contributed by atoms with Crippen molar-refractivity contribution in [2.45, 2.75) is 35.7 Å². The van der Waals surface area contributed by atoms with Crippen LogP contribution in [0.5, 0.6) is 0 Å². The van der Waals surface area contributed by atoms with E-state index < -0.39 is 0 Å². The number of fused-ring (bicyclic) bond motifs is 2. The summed E-state index contributed by atoms with van der Waals surface area (Å²) in [6.07, 6.45) is 5.96. The van der Waals surface area contributed by atoms with Gasteiger partial charge in [-0.25, -0.2) is 0 Å². The number of hydrogen-bond donors (Lipinski definition) is 0. The van der Waals surface area contributed by atoms with E-state index in [9.17, 15) is 0 Å². The van der Waals surface area contributed by atoms with Gasteiger partial charge in [0.15, 0.2) is 0 Å². The van der Waals surface area contributed by atoms with Crippen molar-refractivity contribution in [3.63, 3.8) is 0 Å². The molecule has 1 aliphatic heterocycles. The first kappa shape index (κ1) is 10.7. The molecule has 0 radical (unpaired) electrons. The first-order valence-corrected chi connectivity index (χ1v) is 11.1. The Labute approximate surface area is 107 Å². The molecule has 3 heteroatoms. The Hall–Kier alpha value is 0.609. The average Bonchev–Trinajstić information content (AvgIpc) is 2.48. The van der Waals surface area contributed by atoms with E-state index in [2.05, 4.69) is 34.4 Å². The normalized spacial score (nSPS) is 30.1. The Kier molecular flexibility index (Phi) is 3.48. The van der Waals surface area contributed by atoms with Crippen molar-refractivity contribution in [2.75, 3.05) is 0 Å². The van der Waals surface area contributed by atoms with Crippen LogP contribution in [0.25, 0.3) is 0 Å². The van der Waals surface area contributed by atoms with E-state index >= 15 is 0 Å². The predicted octanol–water partition coefficient (Wildman–Crippen LogP) is 1.74. The van der Waals surface area contributed by atoms with E-state index in [-0.39, 0.29) is 0 Å². The fraction of sp³-hybridized carbons (Fsp3) is 0.500. The summed E-state index contributed by atoms with van der Waals surface area (Å²) in [7, 11) is 2.29. The van der Waals surface area contributed by atoms with Crippen molar-refractivity contribution in [3.05, 3.63) is 24.3 Å². The molecule has 1 heterocycles. The molecular weight excluding hydrogens is 334 g/mol. The second-order valence-electron chi connectivity index (χ2n) is 4.11. The molecule has 0 bridgehead atoms. The van der Waals surface area contributed by atoms with Crippen LogP contribution >= 0.6 is 10.2 Å². The third kappa shape index (κ3) is 2.32. The van der Waals surface area contributed by atoms with Crippen LogP contribution in [0, 0.1) is 0 Å². The van der Waals surface area contributed by atoms with Crippen LogP contribution in [0.3, 0.4) is 0 Å². The fourth-order valence-electron chi connectivity index (χ4n) is 2.20. The Bertz CT molecular complexity index is 353. The summed E-state index contributed by atoms with van der Waals surface area (Å²) >= 11 is 1.45. The average molecular weight is 348 g/mol. The van der Waals surface area contributed by atoms with Crippen LogP contribution < -0.4 is 8.92 Å². The zero-order valence-electron chi connectivity index (χ0n) is 8.52. The maximum atomic E-state index is 2.38. The van der Waals surface area contributed by atoms with Crippen molar-refractivity contribution >= 4 is 47.9 Å². The minimum atomic E-state index is 0.690. The standard InChI is InChI=1S/C12H14SSe2/c1-2-6-10-9(5-1)13-15-12-8-4-3-7-11(12)14-10/h3-4,7-10H,1-2,5-6H2. The van der Waals surface area contributed by atoms with Crippen LogP contribution in [-0.2, 0) is 0 Å². The molecule has 0 nitrogen and oxygen atoms in total. The van der Waals surface area contributed by atoms with Crippen molar-refractivity contribution in [1.29, 1.82) is 0 Å². The summed E-state index contributed by atoms with van der Waals surface area (Å²) in [5, 5.41) is 1.01. The molecule has 2 atom stereocenters. The summed E-state index contributed by atoms with van der Waals surface area (Å²) in [5.74, 6) is 0. The maximum absolute atomic E-state index is 2.38. The molecule has 1 aromatic rings. The van der Waals surface area contributed by atoms with Gasteiger partial charge in [0.05, 0.1) is 0 Å². The predicted molar refractivity (Wildman–Crippen MR) is 70.8 cm³/mol. The molecular formula is C12H14SSe2. The minimum absolute atomic E-state index is 0.690.